The minimum absolute atomic E-state index is 0.0130. The van der Waals surface area contributed by atoms with Crippen molar-refractivity contribution in [3.8, 4) is 5.75 Å². The summed E-state index contributed by atoms with van der Waals surface area (Å²) in [6, 6.07) is 14.8. The Morgan fingerprint density at radius 3 is 2.50 bits per heavy atom. The van der Waals surface area contributed by atoms with Gasteiger partial charge in [-0.15, -0.1) is 0 Å². The van der Waals surface area contributed by atoms with E-state index in [1.165, 1.54) is 0 Å². The van der Waals surface area contributed by atoms with E-state index < -0.39 is 0 Å². The molecule has 0 aliphatic carbocycles. The van der Waals surface area contributed by atoms with Crippen molar-refractivity contribution in [3.63, 3.8) is 0 Å². The molecule has 1 fully saturated rings. The highest BCUT2D eigenvalue weighted by Crippen LogP contribution is 2.24. The molecule has 0 bridgehead atoms. The van der Waals surface area contributed by atoms with Crippen LogP contribution in [0.3, 0.4) is 0 Å². The summed E-state index contributed by atoms with van der Waals surface area (Å²) >= 11 is 0. The van der Waals surface area contributed by atoms with E-state index in [-0.39, 0.29) is 11.9 Å². The first-order valence-electron chi connectivity index (χ1n) is 9.65. The van der Waals surface area contributed by atoms with Crippen LogP contribution in [0.5, 0.6) is 5.75 Å². The molecule has 6 nitrogen and oxygen atoms in total. The highest BCUT2D eigenvalue weighted by molar-refractivity contribution is 6.04. The molecule has 148 valence electrons. The summed E-state index contributed by atoms with van der Waals surface area (Å²) in [5, 5.41) is 2.89. The zero-order valence-electron chi connectivity index (χ0n) is 16.5. The zero-order chi connectivity index (χ0) is 19.9. The molecule has 0 spiro atoms. The van der Waals surface area contributed by atoms with E-state index in [9.17, 15) is 9.59 Å². The van der Waals surface area contributed by atoms with Crippen LogP contribution in [0.25, 0.3) is 0 Å². The topological polar surface area (TPSA) is 61.9 Å². The van der Waals surface area contributed by atoms with Crippen molar-refractivity contribution in [2.45, 2.75) is 19.8 Å². The number of para-hydroxylation sites is 1. The summed E-state index contributed by atoms with van der Waals surface area (Å²) in [5.41, 5.74) is 1.99. The van der Waals surface area contributed by atoms with Gasteiger partial charge in [0.25, 0.3) is 5.91 Å². The first kappa shape index (κ1) is 19.7. The number of likely N-dealkylation sites (tertiary alicyclic amines) is 1. The molecule has 3 amide bonds. The van der Waals surface area contributed by atoms with Crippen LogP contribution >= 0.6 is 0 Å². The van der Waals surface area contributed by atoms with Gasteiger partial charge in [-0.3, -0.25) is 4.79 Å². The molecule has 1 saturated heterocycles. The number of aryl methyl sites for hydroxylation is 1. The van der Waals surface area contributed by atoms with E-state index in [0.29, 0.717) is 24.4 Å². The third-order valence-electron chi connectivity index (χ3n) is 4.91. The number of carbonyl (C=O) groups excluding carboxylic acids is 2. The molecule has 0 aromatic heterocycles. The predicted molar refractivity (Wildman–Crippen MR) is 110 cm³/mol. The number of nitrogens with one attached hydrogen (secondary N) is 1. The Morgan fingerprint density at radius 1 is 1.07 bits per heavy atom. The molecule has 6 heteroatoms. The first-order valence-corrected chi connectivity index (χ1v) is 9.65. The fourth-order valence-electron chi connectivity index (χ4n) is 3.26. The maximum atomic E-state index is 12.9. The van der Waals surface area contributed by atoms with Gasteiger partial charge in [0.15, 0.2) is 0 Å². The number of rotatable bonds is 6. The summed E-state index contributed by atoms with van der Waals surface area (Å²) in [7, 11) is 1.71. The van der Waals surface area contributed by atoms with Gasteiger partial charge in [0.2, 0.25) is 0 Å². The summed E-state index contributed by atoms with van der Waals surface area (Å²) in [6.45, 7) is 4.27. The molecule has 3 rings (SSSR count). The predicted octanol–water partition coefficient (Wildman–Crippen LogP) is 3.77. The monoisotopic (exact) mass is 381 g/mol. The van der Waals surface area contributed by atoms with E-state index in [1.807, 2.05) is 54.3 Å². The SMILES string of the molecule is Cc1cccc(NC(=O)N(C)CCOc2ccccc2)c1C(=O)N1CCCC1. The molecule has 0 atom stereocenters. The van der Waals surface area contributed by atoms with Crippen LogP contribution in [0.4, 0.5) is 10.5 Å². The van der Waals surface area contributed by atoms with Crippen molar-refractivity contribution in [1.82, 2.24) is 9.80 Å². The van der Waals surface area contributed by atoms with Crippen LogP contribution in [0, 0.1) is 6.92 Å². The second-order valence-corrected chi connectivity index (χ2v) is 7.01. The summed E-state index contributed by atoms with van der Waals surface area (Å²) in [6.07, 6.45) is 2.06. The number of carbonyl (C=O) groups is 2. The normalized spacial score (nSPS) is 13.3. The van der Waals surface area contributed by atoms with Crippen molar-refractivity contribution in [2.75, 3.05) is 38.6 Å². The molecule has 0 unspecified atom stereocenters. The minimum atomic E-state index is -0.266. The number of anilines is 1. The Bertz CT molecular complexity index is 817. The minimum Gasteiger partial charge on any atom is -0.492 e. The van der Waals surface area contributed by atoms with E-state index in [2.05, 4.69) is 5.32 Å². The van der Waals surface area contributed by atoms with Crippen LogP contribution in [-0.2, 0) is 0 Å². The zero-order valence-corrected chi connectivity index (χ0v) is 16.5. The number of benzene rings is 2. The van der Waals surface area contributed by atoms with Crippen molar-refractivity contribution >= 4 is 17.6 Å². The maximum absolute atomic E-state index is 12.9. The average Bonchev–Trinajstić information content (AvgIpc) is 3.23. The van der Waals surface area contributed by atoms with Crippen molar-refractivity contribution in [1.29, 1.82) is 0 Å². The molecule has 1 N–H and O–H groups in total. The second-order valence-electron chi connectivity index (χ2n) is 7.01. The van der Waals surface area contributed by atoms with Gasteiger partial charge in [-0.1, -0.05) is 30.3 Å². The first-order chi connectivity index (χ1) is 13.6. The molecule has 1 aliphatic heterocycles. The number of likely N-dealkylation sites (N-methyl/N-ethyl adjacent to an activating group) is 1. The van der Waals surface area contributed by atoms with Gasteiger partial charge in [-0.05, 0) is 43.5 Å². The van der Waals surface area contributed by atoms with E-state index in [0.717, 1.165) is 37.2 Å². The van der Waals surface area contributed by atoms with E-state index in [1.54, 1.807) is 18.0 Å². The lowest BCUT2D eigenvalue weighted by Gasteiger charge is -2.22. The maximum Gasteiger partial charge on any atom is 0.321 e. The number of amides is 3. The number of hydrogen-bond acceptors (Lipinski definition) is 3. The Morgan fingerprint density at radius 2 is 1.79 bits per heavy atom. The molecular formula is C22H27N3O3. The largest absolute Gasteiger partial charge is 0.492 e. The third-order valence-corrected chi connectivity index (χ3v) is 4.91. The smallest absolute Gasteiger partial charge is 0.321 e. The van der Waals surface area contributed by atoms with Gasteiger partial charge in [0.1, 0.15) is 12.4 Å². The molecule has 0 radical (unpaired) electrons. The summed E-state index contributed by atoms with van der Waals surface area (Å²) in [4.78, 5) is 28.9. The number of hydrogen-bond donors (Lipinski definition) is 1. The van der Waals surface area contributed by atoms with Gasteiger partial charge >= 0.3 is 6.03 Å². The fraction of sp³-hybridized carbons (Fsp3) is 0.364. The number of nitrogens with zero attached hydrogens (tertiary/aromatic N) is 2. The quantitative estimate of drug-likeness (QED) is 0.828. The highest BCUT2D eigenvalue weighted by Gasteiger charge is 2.24. The molecule has 1 heterocycles. The lowest BCUT2D eigenvalue weighted by atomic mass is 10.1. The van der Waals surface area contributed by atoms with Gasteiger partial charge in [-0.25, -0.2) is 4.79 Å². The van der Waals surface area contributed by atoms with Crippen LogP contribution in [-0.4, -0.2) is 55.0 Å². The van der Waals surface area contributed by atoms with E-state index >= 15 is 0 Å². The molecular weight excluding hydrogens is 354 g/mol. The van der Waals surface area contributed by atoms with Crippen LogP contribution in [0.1, 0.15) is 28.8 Å². The van der Waals surface area contributed by atoms with Crippen LogP contribution < -0.4 is 10.1 Å². The lowest BCUT2D eigenvalue weighted by molar-refractivity contribution is 0.0793. The molecule has 28 heavy (non-hydrogen) atoms. The van der Waals surface area contributed by atoms with Gasteiger partial charge in [0.05, 0.1) is 17.8 Å². The van der Waals surface area contributed by atoms with Crippen molar-refractivity contribution < 1.29 is 14.3 Å². The molecule has 2 aromatic carbocycles. The fourth-order valence-corrected chi connectivity index (χ4v) is 3.26. The van der Waals surface area contributed by atoms with Gasteiger partial charge in [-0.2, -0.15) is 0 Å². The van der Waals surface area contributed by atoms with Gasteiger partial charge in [0, 0.05) is 20.1 Å². The Labute approximate surface area is 166 Å². The highest BCUT2D eigenvalue weighted by atomic mass is 16.5. The number of urea groups is 1. The third kappa shape index (κ3) is 4.82. The van der Waals surface area contributed by atoms with Crippen LogP contribution in [0.2, 0.25) is 0 Å². The standard InChI is InChI=1S/C22H27N3O3/c1-17-9-8-12-19(20(17)21(26)25-13-6-7-14-25)23-22(27)24(2)15-16-28-18-10-4-3-5-11-18/h3-5,8-12H,6-7,13-16H2,1-2H3,(H,23,27). The average molecular weight is 381 g/mol. The summed E-state index contributed by atoms with van der Waals surface area (Å²) < 4.78 is 5.64. The molecule has 1 aliphatic rings. The van der Waals surface area contributed by atoms with E-state index in [4.69, 9.17) is 4.74 Å². The Balaban J connectivity index is 1.61. The van der Waals surface area contributed by atoms with Crippen molar-refractivity contribution in [2.24, 2.45) is 0 Å². The summed E-state index contributed by atoms with van der Waals surface area (Å²) in [5.74, 6) is 0.759. The molecule has 2 aromatic rings. The number of ether oxygens (including phenoxy) is 1. The Hall–Kier alpha value is -3.02. The van der Waals surface area contributed by atoms with Crippen molar-refractivity contribution in [3.05, 3.63) is 59.7 Å². The van der Waals surface area contributed by atoms with Gasteiger partial charge < -0.3 is 19.9 Å². The Kier molecular flexibility index (Phi) is 6.53. The lowest BCUT2D eigenvalue weighted by Crippen LogP contribution is -2.35. The second kappa shape index (κ2) is 9.26. The van der Waals surface area contributed by atoms with Crippen LogP contribution in [0.15, 0.2) is 48.5 Å². The molecule has 0 saturated carbocycles.